The Hall–Kier alpha value is -2.21. The van der Waals surface area contributed by atoms with E-state index in [0.29, 0.717) is 17.5 Å². The van der Waals surface area contributed by atoms with E-state index in [-0.39, 0.29) is 0 Å². The highest BCUT2D eigenvalue weighted by molar-refractivity contribution is 6.30. The number of rotatable bonds is 3. The van der Waals surface area contributed by atoms with E-state index >= 15 is 0 Å². The first-order valence-corrected chi connectivity index (χ1v) is 5.71. The number of halogens is 1. The number of pyridine rings is 1. The van der Waals surface area contributed by atoms with Gasteiger partial charge in [-0.2, -0.15) is 15.2 Å². The van der Waals surface area contributed by atoms with Crippen LogP contribution in [-0.2, 0) is 6.54 Å². The smallest absolute Gasteiger partial charge is 0.243 e. The van der Waals surface area contributed by atoms with Crippen molar-refractivity contribution >= 4 is 23.2 Å². The first kappa shape index (κ1) is 10.9. The maximum atomic E-state index is 5.87. The molecule has 0 spiro atoms. The average molecular weight is 261 g/mol. The number of anilines is 1. The van der Waals surface area contributed by atoms with Gasteiger partial charge in [-0.25, -0.2) is 4.52 Å². The zero-order valence-electron chi connectivity index (χ0n) is 9.29. The van der Waals surface area contributed by atoms with Crippen molar-refractivity contribution in [3.63, 3.8) is 0 Å². The molecule has 1 N–H and O–H groups in total. The van der Waals surface area contributed by atoms with Crippen molar-refractivity contribution in [3.8, 4) is 0 Å². The molecule has 0 unspecified atom stereocenters. The second-order valence-corrected chi connectivity index (χ2v) is 4.09. The van der Waals surface area contributed by atoms with Crippen molar-refractivity contribution < 1.29 is 0 Å². The van der Waals surface area contributed by atoms with Gasteiger partial charge >= 0.3 is 0 Å². The van der Waals surface area contributed by atoms with Gasteiger partial charge in [-0.15, -0.1) is 5.10 Å². The Morgan fingerprint density at radius 3 is 3.06 bits per heavy atom. The van der Waals surface area contributed by atoms with Crippen LogP contribution in [0.15, 0.2) is 36.7 Å². The van der Waals surface area contributed by atoms with Gasteiger partial charge in [0.15, 0.2) is 5.65 Å². The molecule has 0 fully saturated rings. The average Bonchev–Trinajstić information content (AvgIpc) is 2.79. The molecule has 0 aliphatic heterocycles. The number of fused-ring (bicyclic) bond motifs is 1. The molecule has 3 heterocycles. The predicted octanol–water partition coefficient (Wildman–Crippen LogP) is 1.78. The maximum Gasteiger partial charge on any atom is 0.243 e. The van der Waals surface area contributed by atoms with Crippen molar-refractivity contribution in [2.75, 3.05) is 5.32 Å². The van der Waals surface area contributed by atoms with Gasteiger partial charge in [-0.3, -0.25) is 0 Å². The number of hydrogen-bond donors (Lipinski definition) is 1. The molecule has 0 aliphatic carbocycles. The van der Waals surface area contributed by atoms with Gasteiger partial charge in [0.2, 0.25) is 5.95 Å². The predicted molar refractivity (Wildman–Crippen MR) is 67.4 cm³/mol. The lowest BCUT2D eigenvalue weighted by atomic mass is 10.4. The lowest BCUT2D eigenvalue weighted by Gasteiger charge is -1.98. The molecule has 0 aromatic carbocycles. The minimum Gasteiger partial charge on any atom is -0.347 e. The summed E-state index contributed by atoms with van der Waals surface area (Å²) in [6.45, 7) is 0.526. The standard InChI is InChI=1S/C11H9ClN6/c12-8-3-4-10-15-11(17-18(10)7-8)13-6-9-2-1-5-14-16-9/h1-5,7H,6H2,(H,13,17). The van der Waals surface area contributed by atoms with E-state index in [0.717, 1.165) is 11.3 Å². The van der Waals surface area contributed by atoms with Crippen LogP contribution < -0.4 is 5.32 Å². The van der Waals surface area contributed by atoms with Gasteiger partial charge in [0.05, 0.1) is 17.3 Å². The molecule has 6 nitrogen and oxygen atoms in total. The zero-order chi connectivity index (χ0) is 12.4. The zero-order valence-corrected chi connectivity index (χ0v) is 10.0. The second kappa shape index (κ2) is 4.58. The Labute approximate surface area is 108 Å². The summed E-state index contributed by atoms with van der Waals surface area (Å²) in [4.78, 5) is 4.30. The summed E-state index contributed by atoms with van der Waals surface area (Å²) in [6, 6.07) is 7.30. The fourth-order valence-electron chi connectivity index (χ4n) is 1.53. The van der Waals surface area contributed by atoms with Gasteiger partial charge in [0.1, 0.15) is 0 Å². The molecule has 3 aromatic rings. The molecule has 0 amide bonds. The second-order valence-electron chi connectivity index (χ2n) is 3.65. The minimum atomic E-state index is 0.526. The van der Waals surface area contributed by atoms with Gasteiger partial charge in [-0.05, 0) is 24.3 Å². The Morgan fingerprint density at radius 2 is 2.22 bits per heavy atom. The van der Waals surface area contributed by atoms with Crippen molar-refractivity contribution in [3.05, 3.63) is 47.4 Å². The van der Waals surface area contributed by atoms with Crippen LogP contribution in [0.3, 0.4) is 0 Å². The van der Waals surface area contributed by atoms with E-state index in [2.05, 4.69) is 25.6 Å². The lowest BCUT2D eigenvalue weighted by Crippen LogP contribution is -2.03. The molecule has 0 atom stereocenters. The van der Waals surface area contributed by atoms with E-state index in [1.165, 1.54) is 0 Å². The van der Waals surface area contributed by atoms with Crippen LogP contribution in [0.25, 0.3) is 5.65 Å². The molecule has 0 radical (unpaired) electrons. The van der Waals surface area contributed by atoms with Crippen molar-refractivity contribution in [1.29, 1.82) is 0 Å². The Balaban J connectivity index is 1.79. The molecule has 7 heteroatoms. The summed E-state index contributed by atoms with van der Waals surface area (Å²) >= 11 is 5.87. The fraction of sp³-hybridized carbons (Fsp3) is 0.0909. The third-order valence-electron chi connectivity index (χ3n) is 2.35. The molecule has 0 aliphatic rings. The van der Waals surface area contributed by atoms with Crippen LogP contribution in [0.5, 0.6) is 0 Å². The first-order valence-electron chi connectivity index (χ1n) is 5.34. The minimum absolute atomic E-state index is 0.526. The van der Waals surface area contributed by atoms with Crippen LogP contribution in [0.2, 0.25) is 5.02 Å². The SMILES string of the molecule is Clc1ccc2nc(NCc3cccnn3)nn2c1. The van der Waals surface area contributed by atoms with Gasteiger partial charge < -0.3 is 5.32 Å². The number of hydrogen-bond acceptors (Lipinski definition) is 5. The molecule has 3 rings (SSSR count). The van der Waals surface area contributed by atoms with Gasteiger partial charge in [-0.1, -0.05) is 11.6 Å². The van der Waals surface area contributed by atoms with E-state index in [1.807, 2.05) is 18.2 Å². The number of nitrogens with zero attached hydrogens (tertiary/aromatic N) is 5. The summed E-state index contributed by atoms with van der Waals surface area (Å²) in [6.07, 6.45) is 3.34. The highest BCUT2D eigenvalue weighted by Crippen LogP contribution is 2.11. The lowest BCUT2D eigenvalue weighted by molar-refractivity contribution is 0.903. The van der Waals surface area contributed by atoms with E-state index in [1.54, 1.807) is 23.0 Å². The summed E-state index contributed by atoms with van der Waals surface area (Å²) in [5.74, 6) is 0.530. The molecule has 0 bridgehead atoms. The van der Waals surface area contributed by atoms with Crippen LogP contribution in [0, 0.1) is 0 Å². The van der Waals surface area contributed by atoms with Crippen LogP contribution in [0.4, 0.5) is 5.95 Å². The Bertz CT molecular complexity index is 666. The monoisotopic (exact) mass is 260 g/mol. The third kappa shape index (κ3) is 2.23. The van der Waals surface area contributed by atoms with Crippen LogP contribution in [0.1, 0.15) is 5.69 Å². The quantitative estimate of drug-likeness (QED) is 0.778. The highest BCUT2D eigenvalue weighted by Gasteiger charge is 2.03. The van der Waals surface area contributed by atoms with E-state index in [9.17, 15) is 0 Å². The van der Waals surface area contributed by atoms with Crippen LogP contribution >= 0.6 is 11.6 Å². The molecule has 0 saturated heterocycles. The molecular formula is C11H9ClN6. The summed E-state index contributed by atoms with van der Waals surface area (Å²) in [5.41, 5.74) is 1.57. The Kier molecular flexibility index (Phi) is 2.77. The van der Waals surface area contributed by atoms with Crippen molar-refractivity contribution in [2.24, 2.45) is 0 Å². The molecule has 3 aromatic heterocycles. The molecule has 0 saturated carbocycles. The summed E-state index contributed by atoms with van der Waals surface area (Å²) in [7, 11) is 0. The molecular weight excluding hydrogens is 252 g/mol. The highest BCUT2D eigenvalue weighted by atomic mass is 35.5. The van der Waals surface area contributed by atoms with Crippen molar-refractivity contribution in [1.82, 2.24) is 24.8 Å². The number of aromatic nitrogens is 5. The summed E-state index contributed by atoms with van der Waals surface area (Å²) < 4.78 is 1.63. The van der Waals surface area contributed by atoms with E-state index in [4.69, 9.17) is 11.6 Å². The van der Waals surface area contributed by atoms with Crippen molar-refractivity contribution in [2.45, 2.75) is 6.54 Å². The summed E-state index contributed by atoms with van der Waals surface area (Å²) in [5, 5.41) is 15.7. The largest absolute Gasteiger partial charge is 0.347 e. The van der Waals surface area contributed by atoms with Gasteiger partial charge in [0, 0.05) is 12.4 Å². The fourth-order valence-corrected chi connectivity index (χ4v) is 1.69. The van der Waals surface area contributed by atoms with Gasteiger partial charge in [0.25, 0.3) is 0 Å². The topological polar surface area (TPSA) is 68.0 Å². The maximum absolute atomic E-state index is 5.87. The normalized spacial score (nSPS) is 10.7. The Morgan fingerprint density at radius 1 is 1.28 bits per heavy atom. The first-order chi connectivity index (χ1) is 8.81. The number of nitrogens with one attached hydrogen (secondary N) is 1. The molecule has 90 valence electrons. The van der Waals surface area contributed by atoms with E-state index < -0.39 is 0 Å². The van der Waals surface area contributed by atoms with Crippen LogP contribution in [-0.4, -0.2) is 24.8 Å². The third-order valence-corrected chi connectivity index (χ3v) is 2.57. The molecule has 18 heavy (non-hydrogen) atoms.